The lowest BCUT2D eigenvalue weighted by Crippen LogP contribution is -2.52. The first-order chi connectivity index (χ1) is 22.6. The van der Waals surface area contributed by atoms with Crippen molar-refractivity contribution in [2.24, 2.45) is 35.0 Å². The number of fused-ring (bicyclic) bond motifs is 6. The quantitative estimate of drug-likeness (QED) is 0.290. The fraction of sp³-hybridized carbons (Fsp3) is 0.707. The maximum atomic E-state index is 12.8. The van der Waals surface area contributed by atoms with Crippen LogP contribution in [-0.4, -0.2) is 65.2 Å². The van der Waals surface area contributed by atoms with Gasteiger partial charge in [0.15, 0.2) is 5.78 Å². The minimum Gasteiger partial charge on any atom is -0.393 e. The third kappa shape index (κ3) is 6.10. The standard InChI is InChI=1S/C41H58N2O4/c1-26-21-37-39(43(25-26)20-8-11-32(45)24-42-38(46)15-12-29-9-6-5-7-10-29)28(3)41(47-37)19-17-33-34-14-13-30-22-31(44)16-18-40(30,4)36(34)23-35(33)27(41)2/h5-7,9-10,13,26,28,31,33-34,36-37,39,44H,8,11-12,14-25H2,1-4H3,(H,42,46)/t26-,28+,31-,33-,34-,36-,37+,39-,40-,41-/m0/s1. The molecule has 1 aromatic carbocycles. The van der Waals surface area contributed by atoms with E-state index in [2.05, 4.69) is 44.0 Å². The molecule has 2 N–H and O–H groups in total. The lowest BCUT2D eigenvalue weighted by molar-refractivity contribution is -0.125. The first kappa shape index (κ1) is 33.2. The van der Waals surface area contributed by atoms with E-state index in [4.69, 9.17) is 4.74 Å². The molecule has 0 radical (unpaired) electrons. The van der Waals surface area contributed by atoms with Crippen LogP contribution in [0.2, 0.25) is 0 Å². The second-order valence-corrected chi connectivity index (χ2v) is 16.6. The Kier molecular flexibility index (Phi) is 9.34. The number of hydrogen-bond acceptors (Lipinski definition) is 5. The number of ether oxygens (including phenoxy) is 1. The molecule has 2 heterocycles. The van der Waals surface area contributed by atoms with Crippen molar-refractivity contribution in [2.75, 3.05) is 19.6 Å². The van der Waals surface area contributed by atoms with Gasteiger partial charge in [-0.2, -0.15) is 0 Å². The molecule has 2 saturated heterocycles. The molecule has 1 spiro atoms. The number of aliphatic hydroxyl groups is 1. The Labute approximate surface area is 282 Å². The Bertz CT molecular complexity index is 1400. The summed E-state index contributed by atoms with van der Waals surface area (Å²) < 4.78 is 7.31. The molecule has 2 saturated carbocycles. The Morgan fingerprint density at radius 2 is 1.89 bits per heavy atom. The second-order valence-electron chi connectivity index (χ2n) is 16.6. The Hall–Kier alpha value is -2.28. The number of benzene rings is 1. The van der Waals surface area contributed by atoms with E-state index in [1.807, 2.05) is 30.3 Å². The molecule has 0 unspecified atom stereocenters. The van der Waals surface area contributed by atoms with Gasteiger partial charge in [0.1, 0.15) is 0 Å². The number of carbonyl (C=O) groups excluding carboxylic acids is 2. The number of hydrogen-bond donors (Lipinski definition) is 2. The first-order valence-electron chi connectivity index (χ1n) is 18.9. The molecule has 0 bridgehead atoms. The van der Waals surface area contributed by atoms with Gasteiger partial charge in [-0.05, 0) is 118 Å². The van der Waals surface area contributed by atoms with E-state index in [0.29, 0.717) is 49.0 Å². The summed E-state index contributed by atoms with van der Waals surface area (Å²) in [5.41, 5.74) is 6.02. The lowest BCUT2D eigenvalue weighted by atomic mass is 9.56. The monoisotopic (exact) mass is 642 g/mol. The molecule has 6 heteroatoms. The third-order valence-corrected chi connectivity index (χ3v) is 14.0. The molecule has 1 amide bonds. The summed E-state index contributed by atoms with van der Waals surface area (Å²) in [6, 6.07) is 10.4. The predicted molar refractivity (Wildman–Crippen MR) is 186 cm³/mol. The zero-order chi connectivity index (χ0) is 32.9. The summed E-state index contributed by atoms with van der Waals surface area (Å²) in [6.07, 6.45) is 13.8. The fourth-order valence-corrected chi connectivity index (χ4v) is 11.5. The molecular formula is C41H58N2O4. The van der Waals surface area contributed by atoms with Crippen molar-refractivity contribution in [2.45, 2.75) is 129 Å². The summed E-state index contributed by atoms with van der Waals surface area (Å²) in [5.74, 6) is 3.18. The van der Waals surface area contributed by atoms with Crippen molar-refractivity contribution in [3.63, 3.8) is 0 Å². The van der Waals surface area contributed by atoms with Gasteiger partial charge in [0.25, 0.3) is 0 Å². The smallest absolute Gasteiger partial charge is 0.220 e. The predicted octanol–water partition coefficient (Wildman–Crippen LogP) is 6.81. The first-order valence-corrected chi connectivity index (χ1v) is 18.9. The van der Waals surface area contributed by atoms with Crippen LogP contribution in [0.4, 0.5) is 0 Å². The van der Waals surface area contributed by atoms with E-state index in [1.54, 1.807) is 11.1 Å². The fourth-order valence-electron chi connectivity index (χ4n) is 11.5. The zero-order valence-corrected chi connectivity index (χ0v) is 29.3. The molecular weight excluding hydrogens is 584 g/mol. The summed E-state index contributed by atoms with van der Waals surface area (Å²) in [6.45, 7) is 11.9. The van der Waals surface area contributed by atoms with E-state index in [-0.39, 0.29) is 41.5 Å². The van der Waals surface area contributed by atoms with Crippen LogP contribution < -0.4 is 5.32 Å². The molecule has 2 aliphatic heterocycles. The molecule has 256 valence electrons. The third-order valence-electron chi connectivity index (χ3n) is 14.0. The van der Waals surface area contributed by atoms with Gasteiger partial charge < -0.3 is 15.2 Å². The number of Topliss-reactive ketones (excluding diaryl/α,β-unsaturated/α-hetero) is 1. The van der Waals surface area contributed by atoms with Gasteiger partial charge in [0.05, 0.1) is 24.4 Å². The summed E-state index contributed by atoms with van der Waals surface area (Å²) in [4.78, 5) is 27.8. The molecule has 1 aromatic rings. The minimum absolute atomic E-state index is 0.0544. The highest BCUT2D eigenvalue weighted by Crippen LogP contribution is 2.65. The van der Waals surface area contributed by atoms with Crippen LogP contribution in [-0.2, 0) is 20.7 Å². The zero-order valence-electron chi connectivity index (χ0n) is 29.3. The van der Waals surface area contributed by atoms with Gasteiger partial charge in [-0.1, -0.05) is 68.3 Å². The second kappa shape index (κ2) is 13.2. The summed E-state index contributed by atoms with van der Waals surface area (Å²) in [7, 11) is 0. The van der Waals surface area contributed by atoms with Crippen molar-refractivity contribution >= 4 is 11.7 Å². The van der Waals surface area contributed by atoms with Gasteiger partial charge >= 0.3 is 0 Å². The van der Waals surface area contributed by atoms with Crippen LogP contribution in [0.5, 0.6) is 0 Å². The molecule has 7 rings (SSSR count). The number of nitrogens with one attached hydrogen (secondary N) is 1. The van der Waals surface area contributed by atoms with Gasteiger partial charge in [-0.3, -0.25) is 14.5 Å². The Morgan fingerprint density at radius 1 is 1.09 bits per heavy atom. The Balaban J connectivity index is 0.972. The SMILES string of the molecule is CC1=C2C[C@H]3[C@@H](CC=C4C[C@@H](O)CC[C@@]43C)[C@@H]2CC[C@]12O[C@@H]1C[C@H](C)CN(CCCC(=O)CNC(=O)CCc3ccccc3)[C@H]1[C@H]2C. The van der Waals surface area contributed by atoms with Gasteiger partial charge in [0.2, 0.25) is 5.91 Å². The van der Waals surface area contributed by atoms with Gasteiger partial charge in [-0.25, -0.2) is 0 Å². The number of likely N-dealkylation sites (tertiary alicyclic amines) is 1. The van der Waals surface area contributed by atoms with Crippen LogP contribution >= 0.6 is 0 Å². The van der Waals surface area contributed by atoms with E-state index < -0.39 is 0 Å². The maximum Gasteiger partial charge on any atom is 0.220 e. The maximum absolute atomic E-state index is 12.8. The number of nitrogens with zero attached hydrogens (tertiary/aromatic N) is 1. The highest BCUT2D eigenvalue weighted by atomic mass is 16.5. The normalized spacial score (nSPS) is 39.6. The molecule has 6 aliphatic rings. The number of allylic oxidation sites excluding steroid dienone is 2. The van der Waals surface area contributed by atoms with Crippen molar-refractivity contribution in [1.29, 1.82) is 0 Å². The molecule has 10 atom stereocenters. The topological polar surface area (TPSA) is 78.9 Å². The number of aliphatic hydroxyl groups excluding tert-OH is 1. The van der Waals surface area contributed by atoms with E-state index in [0.717, 1.165) is 63.1 Å². The Morgan fingerprint density at radius 3 is 2.70 bits per heavy atom. The molecule has 4 aliphatic carbocycles. The highest BCUT2D eigenvalue weighted by Gasteiger charge is 2.61. The van der Waals surface area contributed by atoms with Crippen molar-refractivity contribution in [3.05, 3.63) is 58.7 Å². The number of ketones is 1. The average molecular weight is 643 g/mol. The van der Waals surface area contributed by atoms with Gasteiger partial charge in [0, 0.05) is 31.3 Å². The van der Waals surface area contributed by atoms with Crippen molar-refractivity contribution in [3.8, 4) is 0 Å². The van der Waals surface area contributed by atoms with Crippen molar-refractivity contribution in [1.82, 2.24) is 10.2 Å². The minimum atomic E-state index is -0.170. The van der Waals surface area contributed by atoms with Crippen LogP contribution in [0.25, 0.3) is 0 Å². The van der Waals surface area contributed by atoms with E-state index >= 15 is 0 Å². The van der Waals surface area contributed by atoms with Crippen LogP contribution in [0, 0.1) is 35.0 Å². The van der Waals surface area contributed by atoms with Gasteiger partial charge in [-0.15, -0.1) is 0 Å². The van der Waals surface area contributed by atoms with Crippen LogP contribution in [0.3, 0.4) is 0 Å². The molecule has 4 fully saturated rings. The highest BCUT2D eigenvalue weighted by molar-refractivity contribution is 5.86. The lowest BCUT2D eigenvalue weighted by Gasteiger charge is -2.49. The largest absolute Gasteiger partial charge is 0.393 e. The average Bonchev–Trinajstić information content (AvgIpc) is 3.58. The molecule has 6 nitrogen and oxygen atoms in total. The number of aryl methyl sites for hydroxylation is 1. The number of amides is 1. The van der Waals surface area contributed by atoms with E-state index in [1.165, 1.54) is 24.8 Å². The molecule has 0 aromatic heterocycles. The van der Waals surface area contributed by atoms with Crippen LogP contribution in [0.1, 0.15) is 104 Å². The van der Waals surface area contributed by atoms with Crippen LogP contribution in [0.15, 0.2) is 53.1 Å². The summed E-state index contributed by atoms with van der Waals surface area (Å²) >= 11 is 0. The number of rotatable bonds is 9. The number of carbonyl (C=O) groups is 2. The summed E-state index contributed by atoms with van der Waals surface area (Å²) in [5, 5.41) is 13.3. The van der Waals surface area contributed by atoms with Crippen molar-refractivity contribution < 1.29 is 19.4 Å². The van der Waals surface area contributed by atoms with E-state index in [9.17, 15) is 14.7 Å². The number of piperidine rings is 1. The molecule has 47 heavy (non-hydrogen) atoms.